The molecule has 0 aliphatic carbocycles. The second-order valence-corrected chi connectivity index (χ2v) is 4.06. The van der Waals surface area contributed by atoms with E-state index in [4.69, 9.17) is 0 Å². The van der Waals surface area contributed by atoms with Crippen LogP contribution in [-0.2, 0) is 6.54 Å². The van der Waals surface area contributed by atoms with Crippen LogP contribution in [0, 0.1) is 0 Å². The number of hydrogen-bond donors (Lipinski definition) is 1. The number of imidazole rings is 1. The molecule has 3 rings (SSSR count). The van der Waals surface area contributed by atoms with E-state index in [0.717, 1.165) is 23.6 Å². The van der Waals surface area contributed by atoms with Gasteiger partial charge in [0.25, 0.3) is 0 Å². The Morgan fingerprint density at radius 2 is 2.17 bits per heavy atom. The third-order valence-electron chi connectivity index (χ3n) is 2.99. The maximum atomic E-state index is 4.32. The van der Waals surface area contributed by atoms with Gasteiger partial charge in [0.15, 0.2) is 0 Å². The van der Waals surface area contributed by atoms with Crippen LogP contribution in [0.5, 0.6) is 0 Å². The van der Waals surface area contributed by atoms with Crippen molar-refractivity contribution < 1.29 is 0 Å². The molecule has 0 fully saturated rings. The summed E-state index contributed by atoms with van der Waals surface area (Å²) in [5.74, 6) is 0.855. The molecule has 0 bridgehead atoms. The molecule has 0 aliphatic rings. The molecular weight excluding hydrogens is 224 g/mol. The van der Waals surface area contributed by atoms with Crippen LogP contribution in [0.2, 0.25) is 0 Å². The van der Waals surface area contributed by atoms with E-state index in [1.54, 1.807) is 12.4 Å². The van der Waals surface area contributed by atoms with E-state index in [-0.39, 0.29) is 0 Å². The van der Waals surface area contributed by atoms with E-state index in [9.17, 15) is 0 Å². The topological polar surface area (TPSA) is 42.7 Å². The van der Waals surface area contributed by atoms with Gasteiger partial charge < -0.3 is 9.88 Å². The van der Waals surface area contributed by atoms with E-state index >= 15 is 0 Å². The predicted molar refractivity (Wildman–Crippen MR) is 72.9 cm³/mol. The second kappa shape index (κ2) is 4.49. The molecule has 0 saturated carbocycles. The number of aromatic nitrogens is 3. The molecule has 3 aromatic rings. The van der Waals surface area contributed by atoms with Crippen LogP contribution in [0.25, 0.3) is 10.8 Å². The fraction of sp³-hybridized carbons (Fsp3) is 0.143. The first kappa shape index (κ1) is 10.8. The van der Waals surface area contributed by atoms with Crippen LogP contribution in [0.15, 0.2) is 49.1 Å². The molecule has 2 heterocycles. The molecule has 2 aromatic heterocycles. The fourth-order valence-electron chi connectivity index (χ4n) is 2.03. The van der Waals surface area contributed by atoms with Gasteiger partial charge in [-0.2, -0.15) is 0 Å². The zero-order valence-corrected chi connectivity index (χ0v) is 10.2. The van der Waals surface area contributed by atoms with E-state index in [1.165, 1.54) is 5.39 Å². The smallest absolute Gasteiger partial charge is 0.207 e. The van der Waals surface area contributed by atoms with E-state index in [0.29, 0.717) is 0 Å². The van der Waals surface area contributed by atoms with Crippen LogP contribution in [0.1, 0.15) is 6.92 Å². The number of pyridine rings is 1. The summed E-state index contributed by atoms with van der Waals surface area (Å²) in [6, 6.07) is 8.16. The molecule has 0 radical (unpaired) electrons. The van der Waals surface area contributed by atoms with Gasteiger partial charge in [0, 0.05) is 36.7 Å². The molecule has 0 saturated heterocycles. The summed E-state index contributed by atoms with van der Waals surface area (Å²) in [5, 5.41) is 5.63. The van der Waals surface area contributed by atoms with Crippen molar-refractivity contribution in [3.8, 4) is 0 Å². The maximum Gasteiger partial charge on any atom is 0.207 e. The van der Waals surface area contributed by atoms with Gasteiger partial charge in [-0.05, 0) is 24.4 Å². The second-order valence-electron chi connectivity index (χ2n) is 4.06. The normalized spacial score (nSPS) is 10.7. The molecule has 0 aliphatic heterocycles. The lowest BCUT2D eigenvalue weighted by atomic mass is 10.1. The molecule has 4 nitrogen and oxygen atoms in total. The Kier molecular flexibility index (Phi) is 2.68. The van der Waals surface area contributed by atoms with Crippen molar-refractivity contribution in [3.63, 3.8) is 0 Å². The van der Waals surface area contributed by atoms with Crippen molar-refractivity contribution in [2.24, 2.45) is 0 Å². The first-order valence-corrected chi connectivity index (χ1v) is 5.99. The maximum absolute atomic E-state index is 4.32. The summed E-state index contributed by atoms with van der Waals surface area (Å²) in [5.41, 5.74) is 1.03. The number of aryl methyl sites for hydroxylation is 1. The van der Waals surface area contributed by atoms with Crippen molar-refractivity contribution in [2.75, 3.05) is 5.32 Å². The minimum atomic E-state index is 0.855. The molecule has 4 heteroatoms. The average Bonchev–Trinajstić information content (AvgIpc) is 2.86. The lowest BCUT2D eigenvalue weighted by Gasteiger charge is -2.10. The molecule has 0 spiro atoms. The number of anilines is 2. The Hall–Kier alpha value is -2.36. The summed E-state index contributed by atoms with van der Waals surface area (Å²) >= 11 is 0. The summed E-state index contributed by atoms with van der Waals surface area (Å²) in [6.07, 6.45) is 7.44. The highest BCUT2D eigenvalue weighted by molar-refractivity contribution is 5.94. The van der Waals surface area contributed by atoms with Crippen molar-refractivity contribution in [1.82, 2.24) is 14.5 Å². The number of nitrogens with zero attached hydrogens (tertiary/aromatic N) is 3. The molecule has 0 unspecified atom stereocenters. The first-order valence-electron chi connectivity index (χ1n) is 5.99. The van der Waals surface area contributed by atoms with Gasteiger partial charge in [-0.3, -0.25) is 4.98 Å². The SMILES string of the molecule is CCn1ccnc1Nc1cccc2ccncc12. The number of nitrogens with one attached hydrogen (secondary N) is 1. The molecule has 18 heavy (non-hydrogen) atoms. The Morgan fingerprint density at radius 1 is 1.22 bits per heavy atom. The zero-order chi connectivity index (χ0) is 12.4. The van der Waals surface area contributed by atoms with Crippen LogP contribution in [0.3, 0.4) is 0 Å². The zero-order valence-electron chi connectivity index (χ0n) is 10.2. The third-order valence-corrected chi connectivity index (χ3v) is 2.99. The molecular formula is C14H14N4. The number of fused-ring (bicyclic) bond motifs is 1. The summed E-state index contributed by atoms with van der Waals surface area (Å²) in [6.45, 7) is 2.99. The summed E-state index contributed by atoms with van der Waals surface area (Å²) in [4.78, 5) is 8.50. The van der Waals surface area contributed by atoms with Gasteiger partial charge in [-0.25, -0.2) is 4.98 Å². The highest BCUT2D eigenvalue weighted by Gasteiger charge is 2.04. The van der Waals surface area contributed by atoms with Gasteiger partial charge >= 0.3 is 0 Å². The molecule has 0 atom stereocenters. The molecule has 1 aromatic carbocycles. The van der Waals surface area contributed by atoms with Gasteiger partial charge in [0.1, 0.15) is 0 Å². The average molecular weight is 238 g/mol. The van der Waals surface area contributed by atoms with E-state index < -0.39 is 0 Å². The predicted octanol–water partition coefficient (Wildman–Crippen LogP) is 3.19. The highest BCUT2D eigenvalue weighted by Crippen LogP contribution is 2.24. The summed E-state index contributed by atoms with van der Waals surface area (Å²) < 4.78 is 2.06. The minimum absolute atomic E-state index is 0.855. The van der Waals surface area contributed by atoms with Crippen molar-refractivity contribution in [2.45, 2.75) is 13.5 Å². The quantitative estimate of drug-likeness (QED) is 0.762. The Balaban J connectivity index is 2.05. The highest BCUT2D eigenvalue weighted by atomic mass is 15.2. The minimum Gasteiger partial charge on any atom is -0.325 e. The van der Waals surface area contributed by atoms with Crippen LogP contribution in [0.4, 0.5) is 11.6 Å². The van der Waals surface area contributed by atoms with Gasteiger partial charge in [-0.1, -0.05) is 12.1 Å². The molecule has 0 amide bonds. The van der Waals surface area contributed by atoms with E-state index in [2.05, 4.69) is 32.8 Å². The number of hydrogen-bond acceptors (Lipinski definition) is 3. The number of rotatable bonds is 3. The monoisotopic (exact) mass is 238 g/mol. The lowest BCUT2D eigenvalue weighted by Crippen LogP contribution is -2.01. The fourth-order valence-corrected chi connectivity index (χ4v) is 2.03. The largest absolute Gasteiger partial charge is 0.325 e. The van der Waals surface area contributed by atoms with Crippen LogP contribution >= 0.6 is 0 Å². The third kappa shape index (κ3) is 1.82. The number of benzene rings is 1. The lowest BCUT2D eigenvalue weighted by molar-refractivity contribution is 0.772. The Bertz CT molecular complexity index is 667. The molecule has 1 N–H and O–H groups in total. The van der Waals surface area contributed by atoms with Crippen molar-refractivity contribution in [1.29, 1.82) is 0 Å². The van der Waals surface area contributed by atoms with Gasteiger partial charge in [0.2, 0.25) is 5.95 Å². The van der Waals surface area contributed by atoms with E-state index in [1.807, 2.05) is 30.6 Å². The van der Waals surface area contributed by atoms with Gasteiger partial charge in [-0.15, -0.1) is 0 Å². The Labute approximate surface area is 105 Å². The van der Waals surface area contributed by atoms with Crippen LogP contribution in [-0.4, -0.2) is 14.5 Å². The van der Waals surface area contributed by atoms with Crippen LogP contribution < -0.4 is 5.32 Å². The molecule has 90 valence electrons. The first-order chi connectivity index (χ1) is 8.88. The standard InChI is InChI=1S/C14H14N4/c1-2-18-9-8-16-14(18)17-13-5-3-4-11-6-7-15-10-12(11)13/h3-10H,2H2,1H3,(H,16,17). The Morgan fingerprint density at radius 3 is 3.06 bits per heavy atom. The summed E-state index contributed by atoms with van der Waals surface area (Å²) in [7, 11) is 0. The van der Waals surface area contributed by atoms with Crippen molar-refractivity contribution in [3.05, 3.63) is 49.1 Å². The van der Waals surface area contributed by atoms with Crippen molar-refractivity contribution >= 4 is 22.4 Å². The van der Waals surface area contributed by atoms with Gasteiger partial charge in [0.05, 0.1) is 5.69 Å².